The molecule has 1 aromatic heterocycles. The van der Waals surface area contributed by atoms with E-state index in [-0.39, 0.29) is 5.54 Å². The van der Waals surface area contributed by atoms with E-state index < -0.39 is 0 Å². The Bertz CT molecular complexity index is 439. The molecule has 1 atom stereocenters. The number of hydrogen-bond donors (Lipinski definition) is 1. The van der Waals surface area contributed by atoms with Gasteiger partial charge in [-0.3, -0.25) is 0 Å². The van der Waals surface area contributed by atoms with E-state index in [4.69, 9.17) is 5.73 Å². The summed E-state index contributed by atoms with van der Waals surface area (Å²) in [6.07, 6.45) is 4.57. The van der Waals surface area contributed by atoms with Crippen molar-refractivity contribution in [3.8, 4) is 0 Å². The van der Waals surface area contributed by atoms with Crippen molar-refractivity contribution in [1.82, 2.24) is 4.98 Å². The predicted molar refractivity (Wildman–Crippen MR) is 73.2 cm³/mol. The molecule has 1 unspecified atom stereocenters. The third-order valence-electron chi connectivity index (χ3n) is 3.09. The van der Waals surface area contributed by atoms with Gasteiger partial charge >= 0.3 is 0 Å². The largest absolute Gasteiger partial charge is 0.324 e. The number of aromatic nitrogens is 1. The van der Waals surface area contributed by atoms with E-state index in [0.717, 1.165) is 24.3 Å². The second kappa shape index (κ2) is 5.43. The van der Waals surface area contributed by atoms with Gasteiger partial charge in [-0.25, -0.2) is 4.98 Å². The Morgan fingerprint density at radius 1 is 1.24 bits per heavy atom. The van der Waals surface area contributed by atoms with E-state index in [0.29, 0.717) is 0 Å². The number of benzene rings is 1. The van der Waals surface area contributed by atoms with Crippen LogP contribution in [0.3, 0.4) is 0 Å². The van der Waals surface area contributed by atoms with Gasteiger partial charge in [-0.15, -0.1) is 11.3 Å². The Hall–Kier alpha value is -1.19. The maximum atomic E-state index is 6.49. The highest BCUT2D eigenvalue weighted by Gasteiger charge is 2.24. The van der Waals surface area contributed by atoms with Gasteiger partial charge in [-0.1, -0.05) is 37.3 Å². The van der Waals surface area contributed by atoms with Crippen LogP contribution in [-0.4, -0.2) is 10.5 Å². The van der Waals surface area contributed by atoms with E-state index in [1.165, 1.54) is 5.56 Å². The topological polar surface area (TPSA) is 38.9 Å². The summed E-state index contributed by atoms with van der Waals surface area (Å²) in [6, 6.07) is 10.4. The predicted octanol–water partition coefficient (Wildman–Crippen LogP) is 3.04. The summed E-state index contributed by atoms with van der Waals surface area (Å²) >= 11 is 1.68. The van der Waals surface area contributed by atoms with Crippen LogP contribution in [0.25, 0.3) is 0 Å². The molecule has 0 saturated carbocycles. The quantitative estimate of drug-likeness (QED) is 0.880. The van der Waals surface area contributed by atoms with Crippen LogP contribution in [0, 0.1) is 0 Å². The fourth-order valence-corrected chi connectivity index (χ4v) is 2.73. The van der Waals surface area contributed by atoms with Gasteiger partial charge in [0, 0.05) is 23.5 Å². The second-order valence-electron chi connectivity index (χ2n) is 4.48. The molecule has 17 heavy (non-hydrogen) atoms. The van der Waals surface area contributed by atoms with Crippen LogP contribution in [0.4, 0.5) is 0 Å². The molecule has 2 rings (SSSR count). The van der Waals surface area contributed by atoms with Crippen molar-refractivity contribution in [2.45, 2.75) is 31.7 Å². The number of nitrogens with two attached hydrogens (primary N) is 1. The lowest BCUT2D eigenvalue weighted by atomic mass is 9.86. The maximum absolute atomic E-state index is 6.49. The molecule has 0 aliphatic rings. The molecule has 0 saturated heterocycles. The van der Waals surface area contributed by atoms with Gasteiger partial charge in [-0.05, 0) is 18.4 Å². The molecular formula is C14H18N2S. The van der Waals surface area contributed by atoms with Crippen LogP contribution in [0.1, 0.15) is 23.9 Å². The highest BCUT2D eigenvalue weighted by Crippen LogP contribution is 2.21. The molecule has 0 fully saturated rings. The van der Waals surface area contributed by atoms with Crippen LogP contribution in [0.5, 0.6) is 0 Å². The molecule has 1 aromatic carbocycles. The minimum absolute atomic E-state index is 0.181. The first-order valence-corrected chi connectivity index (χ1v) is 6.81. The van der Waals surface area contributed by atoms with Crippen molar-refractivity contribution < 1.29 is 0 Å². The fraction of sp³-hybridized carbons (Fsp3) is 0.357. The van der Waals surface area contributed by atoms with Gasteiger partial charge in [0.2, 0.25) is 0 Å². The Morgan fingerprint density at radius 3 is 2.59 bits per heavy atom. The molecule has 90 valence electrons. The van der Waals surface area contributed by atoms with Crippen molar-refractivity contribution in [1.29, 1.82) is 0 Å². The van der Waals surface area contributed by atoms with Crippen molar-refractivity contribution in [3.63, 3.8) is 0 Å². The highest BCUT2D eigenvalue weighted by molar-refractivity contribution is 7.09. The maximum Gasteiger partial charge on any atom is 0.0943 e. The third-order valence-corrected chi connectivity index (χ3v) is 3.87. The Balaban J connectivity index is 2.09. The molecule has 2 nitrogen and oxygen atoms in total. The summed E-state index contributed by atoms with van der Waals surface area (Å²) < 4.78 is 0. The van der Waals surface area contributed by atoms with E-state index in [2.05, 4.69) is 36.2 Å². The molecule has 0 spiro atoms. The second-order valence-corrected chi connectivity index (χ2v) is 5.46. The number of hydrogen-bond acceptors (Lipinski definition) is 3. The van der Waals surface area contributed by atoms with Gasteiger partial charge in [0.25, 0.3) is 0 Å². The van der Waals surface area contributed by atoms with Crippen LogP contribution >= 0.6 is 11.3 Å². The van der Waals surface area contributed by atoms with Gasteiger partial charge in [-0.2, -0.15) is 0 Å². The Labute approximate surface area is 107 Å². The first-order valence-electron chi connectivity index (χ1n) is 5.93. The lowest BCUT2D eigenvalue weighted by Gasteiger charge is -2.27. The molecule has 0 radical (unpaired) electrons. The van der Waals surface area contributed by atoms with E-state index in [1.54, 1.807) is 11.3 Å². The normalized spacial score (nSPS) is 14.5. The van der Waals surface area contributed by atoms with Gasteiger partial charge in [0.1, 0.15) is 0 Å². The Kier molecular flexibility index (Phi) is 3.92. The summed E-state index contributed by atoms with van der Waals surface area (Å²) in [5, 5.41) is 3.14. The lowest BCUT2D eigenvalue weighted by molar-refractivity contribution is 0.403. The SMILES string of the molecule is CCC(N)(Cc1ccccc1)Cc1nccs1. The summed E-state index contributed by atoms with van der Waals surface area (Å²) in [7, 11) is 0. The highest BCUT2D eigenvalue weighted by atomic mass is 32.1. The fourth-order valence-electron chi connectivity index (χ4n) is 1.96. The number of thiazole rings is 1. The molecule has 0 amide bonds. The zero-order valence-electron chi connectivity index (χ0n) is 10.1. The molecular weight excluding hydrogens is 228 g/mol. The van der Waals surface area contributed by atoms with Crippen molar-refractivity contribution in [2.24, 2.45) is 5.73 Å². The molecule has 1 heterocycles. The zero-order valence-corrected chi connectivity index (χ0v) is 10.9. The van der Waals surface area contributed by atoms with Crippen LogP contribution in [0.2, 0.25) is 0 Å². The van der Waals surface area contributed by atoms with Crippen LogP contribution in [0.15, 0.2) is 41.9 Å². The molecule has 3 heteroatoms. The van der Waals surface area contributed by atoms with Crippen LogP contribution in [-0.2, 0) is 12.8 Å². The monoisotopic (exact) mass is 246 g/mol. The zero-order chi connectivity index (χ0) is 12.1. The molecule has 2 aromatic rings. The average molecular weight is 246 g/mol. The van der Waals surface area contributed by atoms with Gasteiger partial charge in [0.15, 0.2) is 0 Å². The van der Waals surface area contributed by atoms with Crippen molar-refractivity contribution in [2.75, 3.05) is 0 Å². The summed E-state index contributed by atoms with van der Waals surface area (Å²) in [5.41, 5.74) is 7.61. The first-order chi connectivity index (χ1) is 8.22. The Morgan fingerprint density at radius 2 is 2.00 bits per heavy atom. The molecule has 2 N–H and O–H groups in total. The number of nitrogens with zero attached hydrogens (tertiary/aromatic N) is 1. The molecule has 0 aliphatic heterocycles. The minimum Gasteiger partial charge on any atom is -0.324 e. The standard InChI is InChI=1S/C14H18N2S/c1-2-14(15,11-13-16-8-9-17-13)10-12-6-4-3-5-7-12/h3-9H,2,10-11,15H2,1H3. The molecule has 0 aliphatic carbocycles. The van der Waals surface area contributed by atoms with Crippen molar-refractivity contribution >= 4 is 11.3 Å². The smallest absolute Gasteiger partial charge is 0.0943 e. The number of rotatable bonds is 5. The minimum atomic E-state index is -0.181. The summed E-state index contributed by atoms with van der Waals surface area (Å²) in [5.74, 6) is 0. The third kappa shape index (κ3) is 3.38. The molecule has 0 bridgehead atoms. The van der Waals surface area contributed by atoms with Gasteiger partial charge < -0.3 is 5.73 Å². The van der Waals surface area contributed by atoms with E-state index in [1.807, 2.05) is 17.6 Å². The van der Waals surface area contributed by atoms with E-state index in [9.17, 15) is 0 Å². The summed E-state index contributed by atoms with van der Waals surface area (Å²) in [6.45, 7) is 2.15. The lowest BCUT2D eigenvalue weighted by Crippen LogP contribution is -2.43. The van der Waals surface area contributed by atoms with Gasteiger partial charge in [0.05, 0.1) is 5.01 Å². The van der Waals surface area contributed by atoms with Crippen LogP contribution < -0.4 is 5.73 Å². The van der Waals surface area contributed by atoms with E-state index >= 15 is 0 Å². The first kappa shape index (κ1) is 12.3. The summed E-state index contributed by atoms with van der Waals surface area (Å²) in [4.78, 5) is 4.33. The average Bonchev–Trinajstić information content (AvgIpc) is 2.83. The van der Waals surface area contributed by atoms with Crippen molar-refractivity contribution in [3.05, 3.63) is 52.5 Å².